The molecule has 0 unspecified atom stereocenters. The number of carbonyl (C=O) groups is 3. The Morgan fingerprint density at radius 3 is 2.57 bits per heavy atom. The van der Waals surface area contributed by atoms with Crippen molar-refractivity contribution in [1.29, 1.82) is 0 Å². The van der Waals surface area contributed by atoms with Crippen LogP contribution < -0.4 is 21.1 Å². The first-order valence-electron chi connectivity index (χ1n) is 15.5. The quantitative estimate of drug-likeness (QED) is 0.137. The molecule has 1 saturated carbocycles. The molecule has 0 radical (unpaired) electrons. The highest BCUT2D eigenvalue weighted by molar-refractivity contribution is 7.10. The van der Waals surface area contributed by atoms with Crippen molar-refractivity contribution in [2.24, 2.45) is 11.7 Å². The molecule has 2 aliphatic rings. The Hall–Kier alpha value is -3.32. The summed E-state index contributed by atoms with van der Waals surface area (Å²) in [5.74, 6) is -0.00721. The number of hydrogen-bond donors (Lipinski definition) is 3. The monoisotopic (exact) mass is 627 g/mol. The zero-order valence-corrected chi connectivity index (χ0v) is 26.4. The van der Waals surface area contributed by atoms with E-state index >= 15 is 0 Å². The Morgan fingerprint density at radius 1 is 1.07 bits per heavy atom. The molecule has 1 aliphatic heterocycles. The second-order valence-electron chi connectivity index (χ2n) is 11.1. The normalized spacial score (nSPS) is 17.7. The van der Waals surface area contributed by atoms with Crippen LogP contribution in [0.4, 0.5) is 0 Å². The molecule has 2 amide bonds. The van der Waals surface area contributed by atoms with Crippen molar-refractivity contribution in [3.63, 3.8) is 0 Å². The number of likely N-dealkylation sites (N-methyl/N-ethyl adjacent to an activating group) is 1. The molecule has 44 heavy (non-hydrogen) atoms. The summed E-state index contributed by atoms with van der Waals surface area (Å²) in [7, 11) is 1.64. The fourth-order valence-corrected chi connectivity index (χ4v) is 6.65. The van der Waals surface area contributed by atoms with Gasteiger partial charge in [-0.2, -0.15) is 0 Å². The number of aromatic nitrogens is 1. The van der Waals surface area contributed by atoms with Crippen LogP contribution in [0.15, 0.2) is 41.9 Å². The minimum Gasteiger partial charge on any atom is -0.491 e. The van der Waals surface area contributed by atoms with Crippen molar-refractivity contribution in [3.05, 3.63) is 58.2 Å². The van der Waals surface area contributed by atoms with Crippen LogP contribution in [0.2, 0.25) is 0 Å². The van der Waals surface area contributed by atoms with Gasteiger partial charge in [0.05, 0.1) is 38.2 Å². The Kier molecular flexibility index (Phi) is 13.2. The molecule has 4 N–H and O–H groups in total. The van der Waals surface area contributed by atoms with Crippen molar-refractivity contribution < 1.29 is 28.6 Å². The van der Waals surface area contributed by atoms with Gasteiger partial charge in [0.2, 0.25) is 11.7 Å². The molecule has 2 heterocycles. The number of carbonyl (C=O) groups excluding carboxylic acids is 3. The van der Waals surface area contributed by atoms with Gasteiger partial charge in [0.25, 0.3) is 5.91 Å². The number of benzene rings is 1. The van der Waals surface area contributed by atoms with Gasteiger partial charge in [0.15, 0.2) is 0 Å². The summed E-state index contributed by atoms with van der Waals surface area (Å²) in [4.78, 5) is 46.7. The van der Waals surface area contributed by atoms with Crippen LogP contribution in [0.25, 0.3) is 0 Å². The molecule has 1 saturated heterocycles. The van der Waals surface area contributed by atoms with Crippen LogP contribution in [0.1, 0.15) is 72.0 Å². The molecular formula is C32H45N5O6S. The number of thiazole rings is 1. The van der Waals surface area contributed by atoms with Gasteiger partial charge in [0.1, 0.15) is 29.1 Å². The summed E-state index contributed by atoms with van der Waals surface area (Å²) in [5.41, 5.74) is 6.42. The second kappa shape index (κ2) is 17.2. The second-order valence-corrected chi connectivity index (χ2v) is 11.9. The molecule has 12 heteroatoms. The predicted molar refractivity (Wildman–Crippen MR) is 169 cm³/mol. The van der Waals surface area contributed by atoms with Crippen molar-refractivity contribution in [1.82, 2.24) is 20.5 Å². The third-order valence-corrected chi connectivity index (χ3v) is 9.00. The summed E-state index contributed by atoms with van der Waals surface area (Å²) in [5, 5.41) is 8.23. The molecule has 2 atom stereocenters. The van der Waals surface area contributed by atoms with Crippen LogP contribution in [0, 0.1) is 5.92 Å². The molecule has 2 fully saturated rings. The molecular weight excluding hydrogens is 582 g/mol. The third-order valence-electron chi connectivity index (χ3n) is 8.05. The topological polar surface area (TPSA) is 145 Å². The average Bonchev–Trinajstić information content (AvgIpc) is 3.75. The van der Waals surface area contributed by atoms with Gasteiger partial charge in [-0.3, -0.25) is 14.4 Å². The van der Waals surface area contributed by atoms with Crippen LogP contribution in [0.3, 0.4) is 0 Å². The van der Waals surface area contributed by atoms with Crippen molar-refractivity contribution in [3.8, 4) is 5.75 Å². The smallest absolute Gasteiger partial charge is 0.267 e. The van der Waals surface area contributed by atoms with Gasteiger partial charge in [-0.25, -0.2) is 4.98 Å². The number of nitrogens with one attached hydrogen (secondary N) is 2. The van der Waals surface area contributed by atoms with Gasteiger partial charge in [-0.15, -0.1) is 11.3 Å². The highest BCUT2D eigenvalue weighted by atomic mass is 32.1. The van der Waals surface area contributed by atoms with Crippen LogP contribution in [-0.4, -0.2) is 86.7 Å². The number of ether oxygens (including phenoxy) is 3. The molecule has 240 valence electrons. The van der Waals surface area contributed by atoms with Crippen molar-refractivity contribution in [2.75, 3.05) is 53.2 Å². The summed E-state index contributed by atoms with van der Waals surface area (Å²) < 4.78 is 16.5. The fraction of sp³-hybridized carbons (Fsp3) is 0.562. The lowest BCUT2D eigenvalue weighted by Crippen LogP contribution is -2.53. The number of nitrogens with two attached hydrogens (primary N) is 1. The third kappa shape index (κ3) is 9.10. The molecule has 0 spiro atoms. The molecule has 1 aliphatic carbocycles. The molecule has 1 aromatic carbocycles. The number of hydrogen-bond acceptors (Lipinski definition) is 10. The number of amides is 2. The van der Waals surface area contributed by atoms with E-state index in [0.717, 1.165) is 50.0 Å². The highest BCUT2D eigenvalue weighted by Crippen LogP contribution is 2.36. The van der Waals surface area contributed by atoms with Crippen LogP contribution >= 0.6 is 11.3 Å². The first-order valence-corrected chi connectivity index (χ1v) is 16.4. The Labute approximate surface area is 263 Å². The van der Waals surface area contributed by atoms with Crippen LogP contribution in [-0.2, 0) is 19.1 Å². The lowest BCUT2D eigenvalue weighted by molar-refractivity contribution is -0.138. The van der Waals surface area contributed by atoms with Gasteiger partial charge in [-0.1, -0.05) is 38.0 Å². The fourth-order valence-electron chi connectivity index (χ4n) is 5.70. The van der Waals surface area contributed by atoms with Crippen molar-refractivity contribution >= 4 is 28.9 Å². The average molecular weight is 628 g/mol. The first kappa shape index (κ1) is 33.6. The Morgan fingerprint density at radius 2 is 1.82 bits per heavy atom. The lowest BCUT2D eigenvalue weighted by atomic mass is 9.83. The lowest BCUT2D eigenvalue weighted by Gasteiger charge is -2.34. The number of nitrogens with zero attached hydrogens (tertiary/aromatic N) is 2. The number of likely N-dealkylation sites (tertiary alicyclic amines) is 1. The Bertz CT molecular complexity index is 1260. The van der Waals surface area contributed by atoms with Gasteiger partial charge < -0.3 is 35.5 Å². The van der Waals surface area contributed by atoms with E-state index in [-0.39, 0.29) is 35.3 Å². The Balaban J connectivity index is 1.38. The van der Waals surface area contributed by atoms with Crippen molar-refractivity contribution in [2.45, 2.75) is 57.0 Å². The summed E-state index contributed by atoms with van der Waals surface area (Å²) >= 11 is 1.39. The molecule has 4 rings (SSSR count). The number of rotatable bonds is 17. The minimum absolute atomic E-state index is 0.0796. The van der Waals surface area contributed by atoms with E-state index in [4.69, 9.17) is 24.9 Å². The SMILES string of the molecule is C=C(NC)C(=O)N[C@H](C(=O)N1CCC[C@H]1c1nc(C(=O)c2cccc(OCCOCCOCCN)c2)cs1)C1CCCCC1. The van der Waals surface area contributed by atoms with E-state index in [1.54, 1.807) is 36.7 Å². The zero-order valence-electron chi connectivity index (χ0n) is 25.6. The maximum atomic E-state index is 14.0. The number of ketones is 1. The maximum Gasteiger partial charge on any atom is 0.267 e. The summed E-state index contributed by atoms with van der Waals surface area (Å²) in [6.45, 7) is 7.01. The van der Waals surface area contributed by atoms with E-state index < -0.39 is 6.04 Å². The summed E-state index contributed by atoms with van der Waals surface area (Å²) in [6, 6.07) is 6.15. The minimum atomic E-state index is -0.618. The standard InChI is InChI=1S/C32H45N5O6S/c1-22(34-2)30(39)36-28(23-8-4-3-5-9-23)32(40)37-14-7-12-27(37)31-35-26(21-44-31)29(38)24-10-6-11-25(20-24)43-19-18-42-17-16-41-15-13-33/h6,10-11,20-21,23,27-28,34H,1,3-5,7-9,12-19,33H2,2H3,(H,36,39)/t27-,28-/m0/s1. The molecule has 0 bridgehead atoms. The summed E-state index contributed by atoms with van der Waals surface area (Å²) in [6.07, 6.45) is 6.62. The van der Waals surface area contributed by atoms with Gasteiger partial charge in [0, 0.05) is 31.1 Å². The molecule has 1 aromatic heterocycles. The largest absolute Gasteiger partial charge is 0.491 e. The first-order chi connectivity index (χ1) is 21.4. The van der Waals surface area contributed by atoms with E-state index in [1.165, 1.54) is 11.3 Å². The molecule has 2 aromatic rings. The van der Waals surface area contributed by atoms with E-state index in [9.17, 15) is 14.4 Å². The molecule has 11 nitrogen and oxygen atoms in total. The van der Waals surface area contributed by atoms with E-state index in [1.807, 2.05) is 4.90 Å². The van der Waals surface area contributed by atoms with Gasteiger partial charge in [-0.05, 0) is 43.7 Å². The highest BCUT2D eigenvalue weighted by Gasteiger charge is 2.40. The van der Waals surface area contributed by atoms with E-state index in [2.05, 4.69) is 17.2 Å². The van der Waals surface area contributed by atoms with E-state index in [0.29, 0.717) is 63.1 Å². The maximum absolute atomic E-state index is 14.0. The van der Waals surface area contributed by atoms with Gasteiger partial charge >= 0.3 is 0 Å². The zero-order chi connectivity index (χ0) is 31.3. The van der Waals surface area contributed by atoms with Crippen LogP contribution in [0.5, 0.6) is 5.75 Å². The predicted octanol–water partition coefficient (Wildman–Crippen LogP) is 3.21.